The van der Waals surface area contributed by atoms with Crippen molar-refractivity contribution in [3.05, 3.63) is 81.4 Å². The standard InChI is InChI=1S/C21H17ClFN3O4/c22-14-6-4-13(5-7-14)18-9-17(19(27)24-10-21(29)11-30-12-21)20(28)26(25-18)16-3-1-2-15(23)8-16/h1-9,29H,10-12H2,(H,24,27). The number of rotatable bonds is 5. The lowest BCUT2D eigenvalue weighted by molar-refractivity contribution is -0.173. The van der Waals surface area contributed by atoms with Gasteiger partial charge in [0, 0.05) is 10.6 Å². The van der Waals surface area contributed by atoms with Gasteiger partial charge in [-0.2, -0.15) is 9.78 Å². The van der Waals surface area contributed by atoms with Crippen LogP contribution in [0.1, 0.15) is 10.4 Å². The predicted molar refractivity (Wildman–Crippen MR) is 108 cm³/mol. The smallest absolute Gasteiger partial charge is 0.284 e. The Labute approximate surface area is 175 Å². The number of benzene rings is 2. The van der Waals surface area contributed by atoms with Gasteiger partial charge in [0.1, 0.15) is 17.0 Å². The van der Waals surface area contributed by atoms with E-state index in [1.807, 2.05) is 0 Å². The van der Waals surface area contributed by atoms with Crippen molar-refractivity contribution in [2.75, 3.05) is 19.8 Å². The minimum atomic E-state index is -1.15. The van der Waals surface area contributed by atoms with Crippen molar-refractivity contribution in [3.8, 4) is 16.9 Å². The Morgan fingerprint density at radius 3 is 2.60 bits per heavy atom. The van der Waals surface area contributed by atoms with Gasteiger partial charge in [0.25, 0.3) is 11.5 Å². The molecule has 0 spiro atoms. The molecule has 1 fully saturated rings. The van der Waals surface area contributed by atoms with E-state index < -0.39 is 22.9 Å². The number of amides is 1. The number of nitrogens with zero attached hydrogens (tertiary/aromatic N) is 2. The molecule has 2 heterocycles. The Balaban J connectivity index is 1.78. The molecule has 2 N–H and O–H groups in total. The topological polar surface area (TPSA) is 93.4 Å². The van der Waals surface area contributed by atoms with Crippen LogP contribution in [0.4, 0.5) is 4.39 Å². The molecule has 154 valence electrons. The number of aliphatic hydroxyl groups is 1. The van der Waals surface area contributed by atoms with E-state index in [1.54, 1.807) is 24.3 Å². The third kappa shape index (κ3) is 4.11. The summed E-state index contributed by atoms with van der Waals surface area (Å²) in [5.74, 6) is -1.22. The first-order chi connectivity index (χ1) is 14.3. The molecule has 7 nitrogen and oxygen atoms in total. The molecule has 1 aromatic heterocycles. The summed E-state index contributed by atoms with van der Waals surface area (Å²) in [5.41, 5.74) is -0.939. The molecule has 4 rings (SSSR count). The van der Waals surface area contributed by atoms with E-state index in [-0.39, 0.29) is 31.0 Å². The molecule has 1 saturated heterocycles. The number of nitrogens with one attached hydrogen (secondary N) is 1. The van der Waals surface area contributed by atoms with Crippen molar-refractivity contribution in [1.82, 2.24) is 15.1 Å². The summed E-state index contributed by atoms with van der Waals surface area (Å²) in [5, 5.41) is 17.5. The molecule has 9 heteroatoms. The Hall–Kier alpha value is -3.07. The van der Waals surface area contributed by atoms with E-state index in [0.717, 1.165) is 10.7 Å². The molecule has 0 radical (unpaired) electrons. The van der Waals surface area contributed by atoms with Crippen molar-refractivity contribution in [3.63, 3.8) is 0 Å². The molecule has 30 heavy (non-hydrogen) atoms. The average Bonchev–Trinajstić information content (AvgIpc) is 2.71. The predicted octanol–water partition coefficient (Wildman–Crippen LogP) is 2.18. The summed E-state index contributed by atoms with van der Waals surface area (Å²) in [6, 6.07) is 13.4. The number of carbonyl (C=O) groups is 1. The zero-order valence-electron chi connectivity index (χ0n) is 15.6. The summed E-state index contributed by atoms with van der Waals surface area (Å²) in [7, 11) is 0. The Morgan fingerprint density at radius 1 is 1.23 bits per heavy atom. The first-order valence-electron chi connectivity index (χ1n) is 9.09. The van der Waals surface area contributed by atoms with Crippen LogP contribution in [0.3, 0.4) is 0 Å². The molecule has 2 aromatic carbocycles. The number of halogens is 2. The molecule has 0 bridgehead atoms. The lowest BCUT2D eigenvalue weighted by atomic mass is 10.0. The van der Waals surface area contributed by atoms with Crippen LogP contribution < -0.4 is 10.9 Å². The van der Waals surface area contributed by atoms with E-state index in [0.29, 0.717) is 16.3 Å². The second-order valence-corrected chi connectivity index (χ2v) is 7.48. The third-order valence-electron chi connectivity index (χ3n) is 4.67. The molecular weight excluding hydrogens is 413 g/mol. The maximum Gasteiger partial charge on any atom is 0.284 e. The lowest BCUT2D eigenvalue weighted by Crippen LogP contribution is -2.57. The monoisotopic (exact) mass is 429 g/mol. The van der Waals surface area contributed by atoms with E-state index in [4.69, 9.17) is 16.3 Å². The fourth-order valence-corrected chi connectivity index (χ4v) is 3.11. The minimum absolute atomic E-state index is 0.0656. The van der Waals surface area contributed by atoms with Gasteiger partial charge in [-0.25, -0.2) is 4.39 Å². The molecule has 0 aliphatic carbocycles. The second kappa shape index (κ2) is 7.98. The molecule has 1 aliphatic heterocycles. The zero-order chi connectivity index (χ0) is 21.3. The summed E-state index contributed by atoms with van der Waals surface area (Å²) in [4.78, 5) is 25.7. The first kappa shape index (κ1) is 20.2. The third-order valence-corrected chi connectivity index (χ3v) is 4.92. The molecule has 1 aliphatic rings. The van der Waals surface area contributed by atoms with Gasteiger partial charge in [-0.3, -0.25) is 9.59 Å². The SMILES string of the molecule is O=C(NCC1(O)COC1)c1cc(-c2ccc(Cl)cc2)nn(-c2cccc(F)c2)c1=O. The highest BCUT2D eigenvalue weighted by molar-refractivity contribution is 6.30. The van der Waals surface area contributed by atoms with Crippen molar-refractivity contribution in [2.45, 2.75) is 5.60 Å². The van der Waals surface area contributed by atoms with Gasteiger partial charge in [-0.1, -0.05) is 29.8 Å². The van der Waals surface area contributed by atoms with Crippen LogP contribution in [-0.2, 0) is 4.74 Å². The summed E-state index contributed by atoms with van der Waals surface area (Å²) in [6.45, 7) is 0.143. The van der Waals surface area contributed by atoms with E-state index in [2.05, 4.69) is 10.4 Å². The Bertz CT molecular complexity index is 1160. The highest BCUT2D eigenvalue weighted by Gasteiger charge is 2.36. The molecule has 3 aromatic rings. The van der Waals surface area contributed by atoms with E-state index in [9.17, 15) is 19.1 Å². The molecule has 0 saturated carbocycles. The maximum absolute atomic E-state index is 13.7. The van der Waals surface area contributed by atoms with Gasteiger partial charge in [0.15, 0.2) is 0 Å². The normalized spacial score (nSPS) is 14.8. The largest absolute Gasteiger partial charge is 0.383 e. The number of carbonyl (C=O) groups excluding carboxylic acids is 1. The molecule has 1 amide bonds. The fourth-order valence-electron chi connectivity index (χ4n) is 2.98. The van der Waals surface area contributed by atoms with Crippen molar-refractivity contribution >= 4 is 17.5 Å². The zero-order valence-corrected chi connectivity index (χ0v) is 16.4. The Kier molecular flexibility index (Phi) is 5.38. The van der Waals surface area contributed by atoms with Crippen molar-refractivity contribution in [1.29, 1.82) is 0 Å². The quantitative estimate of drug-likeness (QED) is 0.648. The van der Waals surface area contributed by atoms with Crippen LogP contribution in [0.25, 0.3) is 16.9 Å². The van der Waals surface area contributed by atoms with Gasteiger partial charge < -0.3 is 15.2 Å². The molecular formula is C21H17ClFN3O4. The van der Waals surface area contributed by atoms with Gasteiger partial charge in [0.05, 0.1) is 31.1 Å². The Morgan fingerprint density at radius 2 is 1.97 bits per heavy atom. The fraction of sp³-hybridized carbons (Fsp3) is 0.190. The minimum Gasteiger partial charge on any atom is -0.383 e. The van der Waals surface area contributed by atoms with Crippen LogP contribution >= 0.6 is 11.6 Å². The summed E-state index contributed by atoms with van der Waals surface area (Å²) < 4.78 is 19.7. The van der Waals surface area contributed by atoms with Crippen LogP contribution in [0.5, 0.6) is 0 Å². The van der Waals surface area contributed by atoms with Gasteiger partial charge >= 0.3 is 0 Å². The van der Waals surface area contributed by atoms with Crippen molar-refractivity contribution in [2.24, 2.45) is 0 Å². The summed E-state index contributed by atoms with van der Waals surface area (Å²) in [6.07, 6.45) is 0. The van der Waals surface area contributed by atoms with E-state index in [1.165, 1.54) is 24.3 Å². The van der Waals surface area contributed by atoms with E-state index >= 15 is 0 Å². The number of hydrogen-bond donors (Lipinski definition) is 2. The van der Waals surface area contributed by atoms with Gasteiger partial charge in [-0.15, -0.1) is 0 Å². The average molecular weight is 430 g/mol. The molecule has 0 atom stereocenters. The van der Waals surface area contributed by atoms with Crippen LogP contribution in [0.15, 0.2) is 59.4 Å². The van der Waals surface area contributed by atoms with Crippen LogP contribution in [-0.4, -0.2) is 46.2 Å². The van der Waals surface area contributed by atoms with Gasteiger partial charge in [-0.05, 0) is 36.4 Å². The second-order valence-electron chi connectivity index (χ2n) is 7.05. The first-order valence-corrected chi connectivity index (χ1v) is 9.47. The van der Waals surface area contributed by atoms with Crippen molar-refractivity contribution < 1.29 is 19.0 Å². The number of ether oxygens (including phenoxy) is 1. The number of aromatic nitrogens is 2. The van der Waals surface area contributed by atoms with Crippen LogP contribution in [0.2, 0.25) is 5.02 Å². The highest BCUT2D eigenvalue weighted by Crippen LogP contribution is 2.21. The molecule has 0 unspecified atom stereocenters. The van der Waals surface area contributed by atoms with Gasteiger partial charge in [0.2, 0.25) is 0 Å². The highest BCUT2D eigenvalue weighted by atomic mass is 35.5. The number of hydrogen-bond acceptors (Lipinski definition) is 5. The van der Waals surface area contributed by atoms with Crippen LogP contribution in [0, 0.1) is 5.82 Å². The maximum atomic E-state index is 13.7. The lowest BCUT2D eigenvalue weighted by Gasteiger charge is -2.36. The summed E-state index contributed by atoms with van der Waals surface area (Å²) >= 11 is 5.94.